The number of ether oxygens (including phenoxy) is 2. The molecule has 0 bridgehead atoms. The minimum absolute atomic E-state index is 0.435. The van der Waals surface area contributed by atoms with Gasteiger partial charge in [-0.05, 0) is 60.5 Å². The monoisotopic (exact) mass is 354 g/mol. The summed E-state index contributed by atoms with van der Waals surface area (Å²) in [4.78, 5) is 4.64. The van der Waals surface area contributed by atoms with Crippen molar-refractivity contribution in [2.75, 3.05) is 0 Å². The van der Waals surface area contributed by atoms with Gasteiger partial charge in [0.1, 0.15) is 24.7 Å². The molecule has 0 saturated carbocycles. The van der Waals surface area contributed by atoms with Crippen LogP contribution in [-0.2, 0) is 13.2 Å². The molecule has 0 aliphatic heterocycles. The van der Waals surface area contributed by atoms with Crippen LogP contribution in [0.1, 0.15) is 16.8 Å². The molecule has 133 valence electrons. The van der Waals surface area contributed by atoms with E-state index in [2.05, 4.69) is 23.2 Å². The number of nitrogens with zero attached hydrogens (tertiary/aromatic N) is 1. The third kappa shape index (κ3) is 4.26. The van der Waals surface area contributed by atoms with Crippen molar-refractivity contribution in [3.63, 3.8) is 0 Å². The highest BCUT2D eigenvalue weighted by atomic mass is 16.5. The quantitative estimate of drug-likeness (QED) is 0.458. The van der Waals surface area contributed by atoms with Gasteiger partial charge in [-0.3, -0.25) is 0 Å². The number of fused-ring (bicyclic) bond motifs is 1. The van der Waals surface area contributed by atoms with Gasteiger partial charge in [-0.15, -0.1) is 0 Å². The van der Waals surface area contributed by atoms with Gasteiger partial charge >= 0.3 is 0 Å². The van der Waals surface area contributed by atoms with Crippen molar-refractivity contribution in [1.82, 2.24) is 4.98 Å². The molecule has 1 radical (unpaired) electrons. The lowest BCUT2D eigenvalue weighted by molar-refractivity contribution is 0.293. The minimum Gasteiger partial charge on any atom is -0.489 e. The van der Waals surface area contributed by atoms with E-state index in [0.717, 1.165) is 39.2 Å². The van der Waals surface area contributed by atoms with Gasteiger partial charge in [0.2, 0.25) is 0 Å². The van der Waals surface area contributed by atoms with Crippen molar-refractivity contribution in [2.45, 2.75) is 20.1 Å². The number of benzene rings is 3. The Labute approximate surface area is 159 Å². The molecule has 3 nitrogen and oxygen atoms in total. The zero-order valence-corrected chi connectivity index (χ0v) is 15.2. The smallest absolute Gasteiger partial charge is 0.130 e. The van der Waals surface area contributed by atoms with Crippen LogP contribution in [0.15, 0.2) is 78.9 Å². The Kier molecular flexibility index (Phi) is 5.01. The molecule has 0 aliphatic rings. The SMILES string of the molecule is Cc1cc(OCc2ccc3ccccc3n2)ccc1OCc1c[c]ccc1. The summed E-state index contributed by atoms with van der Waals surface area (Å²) < 4.78 is 11.8. The molecule has 1 heterocycles. The number of pyridine rings is 1. The average molecular weight is 354 g/mol. The molecule has 4 rings (SSSR count). The van der Waals surface area contributed by atoms with Gasteiger partial charge in [0.05, 0.1) is 11.2 Å². The predicted molar refractivity (Wildman–Crippen MR) is 107 cm³/mol. The van der Waals surface area contributed by atoms with Gasteiger partial charge in [0.15, 0.2) is 0 Å². The van der Waals surface area contributed by atoms with E-state index in [4.69, 9.17) is 9.47 Å². The van der Waals surface area contributed by atoms with Gasteiger partial charge in [-0.25, -0.2) is 4.98 Å². The molecule has 27 heavy (non-hydrogen) atoms. The number of aryl methyl sites for hydroxylation is 1. The highest BCUT2D eigenvalue weighted by Gasteiger charge is 2.04. The molecule has 4 aromatic rings. The highest BCUT2D eigenvalue weighted by Crippen LogP contribution is 2.25. The molecule has 3 aromatic carbocycles. The zero-order chi connectivity index (χ0) is 18.5. The summed E-state index contributed by atoms with van der Waals surface area (Å²) in [7, 11) is 0. The lowest BCUT2D eigenvalue weighted by Gasteiger charge is -2.12. The third-order valence-corrected chi connectivity index (χ3v) is 4.36. The number of rotatable bonds is 6. The first kappa shape index (κ1) is 17.1. The van der Waals surface area contributed by atoms with Crippen molar-refractivity contribution >= 4 is 10.9 Å². The van der Waals surface area contributed by atoms with Crippen molar-refractivity contribution in [2.24, 2.45) is 0 Å². The van der Waals surface area contributed by atoms with E-state index in [0.29, 0.717) is 13.2 Å². The Morgan fingerprint density at radius 1 is 0.889 bits per heavy atom. The van der Waals surface area contributed by atoms with Crippen LogP contribution in [0.5, 0.6) is 11.5 Å². The Morgan fingerprint density at radius 2 is 1.81 bits per heavy atom. The fourth-order valence-electron chi connectivity index (χ4n) is 2.90. The lowest BCUT2D eigenvalue weighted by atomic mass is 10.2. The zero-order valence-electron chi connectivity index (χ0n) is 15.2. The molecule has 0 aliphatic carbocycles. The molecule has 0 N–H and O–H groups in total. The minimum atomic E-state index is 0.435. The van der Waals surface area contributed by atoms with Crippen LogP contribution >= 0.6 is 0 Å². The van der Waals surface area contributed by atoms with E-state index < -0.39 is 0 Å². The molecule has 3 heteroatoms. The summed E-state index contributed by atoms with van der Waals surface area (Å²) in [6.07, 6.45) is 0. The van der Waals surface area contributed by atoms with E-state index >= 15 is 0 Å². The van der Waals surface area contributed by atoms with E-state index in [9.17, 15) is 0 Å². The second-order valence-electron chi connectivity index (χ2n) is 6.41. The van der Waals surface area contributed by atoms with Crippen LogP contribution in [0.2, 0.25) is 0 Å². The molecule has 1 aromatic heterocycles. The van der Waals surface area contributed by atoms with Crippen molar-refractivity contribution in [3.05, 3.63) is 102 Å². The molecule has 0 unspecified atom stereocenters. The summed E-state index contributed by atoms with van der Waals surface area (Å²) in [6, 6.07) is 28.9. The average Bonchev–Trinajstić information content (AvgIpc) is 2.72. The van der Waals surface area contributed by atoms with Crippen LogP contribution in [0.3, 0.4) is 0 Å². The first-order valence-electron chi connectivity index (χ1n) is 8.94. The van der Waals surface area contributed by atoms with Crippen LogP contribution in [-0.4, -0.2) is 4.98 Å². The molecule has 0 fully saturated rings. The van der Waals surface area contributed by atoms with Crippen LogP contribution in [0, 0.1) is 13.0 Å². The third-order valence-electron chi connectivity index (χ3n) is 4.36. The maximum atomic E-state index is 5.92. The summed E-state index contributed by atoms with van der Waals surface area (Å²) in [5, 5.41) is 1.13. The number of hydrogen-bond acceptors (Lipinski definition) is 3. The number of para-hydroxylation sites is 1. The van der Waals surface area contributed by atoms with Crippen LogP contribution in [0.25, 0.3) is 10.9 Å². The Hall–Kier alpha value is -3.33. The second-order valence-corrected chi connectivity index (χ2v) is 6.41. The maximum absolute atomic E-state index is 5.92. The van der Waals surface area contributed by atoms with Crippen LogP contribution < -0.4 is 9.47 Å². The van der Waals surface area contributed by atoms with Gasteiger partial charge in [-0.2, -0.15) is 0 Å². The predicted octanol–water partition coefficient (Wildman–Crippen LogP) is 5.50. The van der Waals surface area contributed by atoms with E-state index in [-0.39, 0.29) is 0 Å². The molecular formula is C24H20NO2. The first-order valence-corrected chi connectivity index (χ1v) is 8.94. The van der Waals surface area contributed by atoms with Gasteiger partial charge < -0.3 is 9.47 Å². The summed E-state index contributed by atoms with van der Waals surface area (Å²) in [5.41, 5.74) is 4.03. The Morgan fingerprint density at radius 3 is 2.67 bits per heavy atom. The number of hydrogen-bond donors (Lipinski definition) is 0. The van der Waals surface area contributed by atoms with Gasteiger partial charge in [0, 0.05) is 5.39 Å². The Balaban J connectivity index is 1.39. The first-order chi connectivity index (χ1) is 13.3. The van der Waals surface area contributed by atoms with Crippen LogP contribution in [0.4, 0.5) is 0 Å². The summed E-state index contributed by atoms with van der Waals surface area (Å²) in [6.45, 7) is 2.98. The van der Waals surface area contributed by atoms with Gasteiger partial charge in [0.25, 0.3) is 0 Å². The lowest BCUT2D eigenvalue weighted by Crippen LogP contribution is -2.00. The molecule has 0 saturated heterocycles. The van der Waals surface area contributed by atoms with E-state index in [1.54, 1.807) is 0 Å². The summed E-state index contributed by atoms with van der Waals surface area (Å²) in [5.74, 6) is 1.66. The molecular weight excluding hydrogens is 334 g/mol. The van der Waals surface area contributed by atoms with E-state index in [1.807, 2.05) is 73.7 Å². The van der Waals surface area contributed by atoms with Gasteiger partial charge in [-0.1, -0.05) is 42.5 Å². The Bertz CT molecular complexity index is 1040. The second kappa shape index (κ2) is 7.92. The fraction of sp³-hybridized carbons (Fsp3) is 0.125. The normalized spacial score (nSPS) is 10.7. The highest BCUT2D eigenvalue weighted by molar-refractivity contribution is 5.78. The van der Waals surface area contributed by atoms with Crippen molar-refractivity contribution < 1.29 is 9.47 Å². The van der Waals surface area contributed by atoms with Crippen molar-refractivity contribution in [3.8, 4) is 11.5 Å². The largest absolute Gasteiger partial charge is 0.489 e. The standard InChI is InChI=1S/C24H20NO2/c1-18-15-22(13-14-24(18)27-16-19-7-3-2-4-8-19)26-17-21-12-11-20-9-5-6-10-23(20)25-21/h2-3,5-15H,16-17H2,1H3. The molecule has 0 amide bonds. The topological polar surface area (TPSA) is 31.4 Å². The maximum Gasteiger partial charge on any atom is 0.130 e. The van der Waals surface area contributed by atoms with E-state index in [1.165, 1.54) is 0 Å². The fourth-order valence-corrected chi connectivity index (χ4v) is 2.90. The number of aromatic nitrogens is 1. The van der Waals surface area contributed by atoms with Crippen molar-refractivity contribution in [1.29, 1.82) is 0 Å². The molecule has 0 spiro atoms. The molecule has 0 atom stereocenters. The summed E-state index contributed by atoms with van der Waals surface area (Å²) >= 11 is 0.